The Kier molecular flexibility index (Phi) is 4.63. The molecule has 0 bridgehead atoms. The summed E-state index contributed by atoms with van der Waals surface area (Å²) in [6.45, 7) is 5.50. The van der Waals surface area contributed by atoms with Crippen molar-refractivity contribution in [1.29, 1.82) is 0 Å². The predicted octanol–water partition coefficient (Wildman–Crippen LogP) is 3.19. The number of anilines is 1. The fourth-order valence-electron chi connectivity index (χ4n) is 2.54. The van der Waals surface area contributed by atoms with Crippen LogP contribution >= 0.6 is 0 Å². The normalized spacial score (nSPS) is 12.0. The van der Waals surface area contributed by atoms with Gasteiger partial charge in [0.25, 0.3) is 5.91 Å². The third-order valence-electron chi connectivity index (χ3n) is 4.02. The van der Waals surface area contributed by atoms with Gasteiger partial charge in [-0.1, -0.05) is 35.0 Å². The summed E-state index contributed by atoms with van der Waals surface area (Å²) < 4.78 is 1.64. The van der Waals surface area contributed by atoms with Crippen LogP contribution in [0.4, 0.5) is 5.69 Å². The quantitative estimate of drug-likeness (QED) is 0.767. The lowest BCUT2D eigenvalue weighted by atomic mass is 10.1. The smallest absolute Gasteiger partial charge is 0.278 e. The van der Waals surface area contributed by atoms with Crippen molar-refractivity contribution in [3.8, 4) is 5.69 Å². The van der Waals surface area contributed by atoms with Crippen molar-refractivity contribution in [3.05, 3.63) is 71.0 Å². The van der Waals surface area contributed by atoms with Gasteiger partial charge < -0.3 is 10.4 Å². The summed E-state index contributed by atoms with van der Waals surface area (Å²) in [6.07, 6.45) is -0.596. The van der Waals surface area contributed by atoms with E-state index >= 15 is 0 Å². The van der Waals surface area contributed by atoms with Gasteiger partial charge in [-0.05, 0) is 50.6 Å². The summed E-state index contributed by atoms with van der Waals surface area (Å²) in [5, 5.41) is 20.6. The van der Waals surface area contributed by atoms with E-state index in [-0.39, 0.29) is 11.6 Å². The minimum atomic E-state index is -0.596. The summed E-state index contributed by atoms with van der Waals surface area (Å²) in [5.41, 5.74) is 4.27. The second-order valence-corrected chi connectivity index (χ2v) is 6.03. The van der Waals surface area contributed by atoms with Crippen LogP contribution in [0.2, 0.25) is 0 Å². The van der Waals surface area contributed by atoms with Crippen LogP contribution < -0.4 is 5.32 Å². The summed E-state index contributed by atoms with van der Waals surface area (Å²) in [7, 11) is 0. The molecule has 2 aromatic carbocycles. The lowest BCUT2D eigenvalue weighted by Crippen LogP contribution is -2.14. The van der Waals surface area contributed by atoms with Crippen LogP contribution in [0.25, 0.3) is 5.69 Å². The number of hydrogen-bond donors (Lipinski definition) is 2. The van der Waals surface area contributed by atoms with E-state index in [4.69, 9.17) is 0 Å². The Morgan fingerprint density at radius 2 is 1.88 bits per heavy atom. The lowest BCUT2D eigenvalue weighted by molar-refractivity contribution is 0.102. The minimum Gasteiger partial charge on any atom is -0.389 e. The molecule has 0 saturated heterocycles. The van der Waals surface area contributed by atoms with E-state index in [0.29, 0.717) is 11.4 Å². The lowest BCUT2D eigenvalue weighted by Gasteiger charge is -2.08. The molecule has 128 valence electrons. The number of carbonyl (C=O) groups is 1. The van der Waals surface area contributed by atoms with Crippen LogP contribution in [-0.2, 0) is 0 Å². The first-order valence-corrected chi connectivity index (χ1v) is 8.04. The molecule has 2 N–H and O–H groups in total. The number of aliphatic hydroxyl groups is 1. The predicted molar refractivity (Wildman–Crippen MR) is 95.9 cm³/mol. The molecule has 1 amide bonds. The number of hydrogen-bond acceptors (Lipinski definition) is 4. The van der Waals surface area contributed by atoms with E-state index in [1.807, 2.05) is 31.2 Å². The Hall–Kier alpha value is -2.99. The first kappa shape index (κ1) is 16.9. The van der Waals surface area contributed by atoms with Crippen molar-refractivity contribution in [2.24, 2.45) is 0 Å². The molecule has 0 radical (unpaired) electrons. The number of nitrogens with zero attached hydrogens (tertiary/aromatic N) is 3. The largest absolute Gasteiger partial charge is 0.389 e. The molecule has 1 heterocycles. The van der Waals surface area contributed by atoms with Crippen molar-refractivity contribution < 1.29 is 9.90 Å². The standard InChI is InChI=1S/C19H20N4O2/c1-12-7-9-17(10-8-12)23-13(2)18(21-22-23)19(25)20-16-6-4-5-15(11-16)14(3)24/h4-11,14,24H,1-3H3,(H,20,25)/t14-/m0/s1. The summed E-state index contributed by atoms with van der Waals surface area (Å²) >= 11 is 0. The van der Waals surface area contributed by atoms with E-state index in [9.17, 15) is 9.90 Å². The van der Waals surface area contributed by atoms with Gasteiger partial charge in [-0.2, -0.15) is 0 Å². The van der Waals surface area contributed by atoms with E-state index in [2.05, 4.69) is 15.6 Å². The molecule has 3 rings (SSSR count). The highest BCUT2D eigenvalue weighted by Crippen LogP contribution is 2.19. The molecule has 6 nitrogen and oxygen atoms in total. The van der Waals surface area contributed by atoms with E-state index in [1.165, 1.54) is 0 Å². The summed E-state index contributed by atoms with van der Waals surface area (Å²) in [6, 6.07) is 14.9. The van der Waals surface area contributed by atoms with Crippen LogP contribution in [0.1, 0.15) is 40.3 Å². The maximum absolute atomic E-state index is 12.5. The van der Waals surface area contributed by atoms with Crippen molar-refractivity contribution in [2.45, 2.75) is 26.9 Å². The molecule has 6 heteroatoms. The summed E-state index contributed by atoms with van der Waals surface area (Å²) in [4.78, 5) is 12.5. The topological polar surface area (TPSA) is 80.0 Å². The summed E-state index contributed by atoms with van der Waals surface area (Å²) in [5.74, 6) is -0.335. The van der Waals surface area contributed by atoms with Gasteiger partial charge in [-0.25, -0.2) is 4.68 Å². The highest BCUT2D eigenvalue weighted by atomic mass is 16.3. The first-order valence-electron chi connectivity index (χ1n) is 8.04. The number of aliphatic hydroxyl groups excluding tert-OH is 1. The molecule has 0 saturated carbocycles. The molecule has 3 aromatic rings. The van der Waals surface area contributed by atoms with Gasteiger partial charge in [-0.3, -0.25) is 4.79 Å². The van der Waals surface area contributed by atoms with E-state index in [0.717, 1.165) is 16.8 Å². The first-order chi connectivity index (χ1) is 12.0. The zero-order valence-corrected chi connectivity index (χ0v) is 14.4. The average Bonchev–Trinajstić information content (AvgIpc) is 2.97. The number of carbonyl (C=O) groups excluding carboxylic acids is 1. The van der Waals surface area contributed by atoms with E-state index in [1.54, 1.807) is 42.8 Å². The van der Waals surface area contributed by atoms with Gasteiger partial charge in [0.1, 0.15) is 0 Å². The van der Waals surface area contributed by atoms with Crippen LogP contribution in [0.15, 0.2) is 48.5 Å². The maximum atomic E-state index is 12.5. The molecular formula is C19H20N4O2. The number of aromatic nitrogens is 3. The number of amides is 1. The molecule has 1 aromatic heterocycles. The van der Waals surface area contributed by atoms with Crippen molar-refractivity contribution in [3.63, 3.8) is 0 Å². The molecule has 1 atom stereocenters. The molecule has 0 unspecified atom stereocenters. The molecule has 0 aliphatic heterocycles. The van der Waals surface area contributed by atoms with Gasteiger partial charge >= 0.3 is 0 Å². The second kappa shape index (κ2) is 6.86. The highest BCUT2D eigenvalue weighted by Gasteiger charge is 2.17. The van der Waals surface area contributed by atoms with Crippen molar-refractivity contribution >= 4 is 11.6 Å². The Labute approximate surface area is 146 Å². The van der Waals surface area contributed by atoms with Crippen LogP contribution in [0.3, 0.4) is 0 Å². The third-order valence-corrected chi connectivity index (χ3v) is 4.02. The SMILES string of the molecule is Cc1ccc(-n2nnc(C(=O)Nc3cccc([C@H](C)O)c3)c2C)cc1. The van der Waals surface area contributed by atoms with Gasteiger partial charge in [0.15, 0.2) is 5.69 Å². The minimum absolute atomic E-state index is 0.267. The Bertz CT molecular complexity index is 898. The van der Waals surface area contributed by atoms with Crippen LogP contribution in [0, 0.1) is 13.8 Å². The average molecular weight is 336 g/mol. The molecule has 0 spiro atoms. The number of benzene rings is 2. The zero-order valence-electron chi connectivity index (χ0n) is 14.4. The van der Waals surface area contributed by atoms with Crippen molar-refractivity contribution in [2.75, 3.05) is 5.32 Å². The number of aryl methyl sites for hydroxylation is 1. The van der Waals surface area contributed by atoms with Crippen LogP contribution in [-0.4, -0.2) is 26.0 Å². The monoisotopic (exact) mass is 336 g/mol. The van der Waals surface area contributed by atoms with Gasteiger partial charge in [-0.15, -0.1) is 5.10 Å². The Balaban J connectivity index is 1.84. The fourth-order valence-corrected chi connectivity index (χ4v) is 2.54. The number of rotatable bonds is 4. The molecule has 0 fully saturated rings. The van der Waals surface area contributed by atoms with Gasteiger partial charge in [0.2, 0.25) is 0 Å². The second-order valence-electron chi connectivity index (χ2n) is 6.03. The number of nitrogens with one attached hydrogen (secondary N) is 1. The molecule has 0 aliphatic carbocycles. The zero-order chi connectivity index (χ0) is 18.0. The maximum Gasteiger partial charge on any atom is 0.278 e. The Morgan fingerprint density at radius 1 is 1.16 bits per heavy atom. The third kappa shape index (κ3) is 3.59. The fraction of sp³-hybridized carbons (Fsp3) is 0.211. The van der Waals surface area contributed by atoms with Gasteiger partial charge in [0.05, 0.1) is 17.5 Å². The van der Waals surface area contributed by atoms with Crippen LogP contribution in [0.5, 0.6) is 0 Å². The highest BCUT2D eigenvalue weighted by molar-refractivity contribution is 6.03. The van der Waals surface area contributed by atoms with E-state index < -0.39 is 6.10 Å². The molecule has 0 aliphatic rings. The van der Waals surface area contributed by atoms with Crippen molar-refractivity contribution in [1.82, 2.24) is 15.0 Å². The molecule has 25 heavy (non-hydrogen) atoms. The Morgan fingerprint density at radius 3 is 2.56 bits per heavy atom. The van der Waals surface area contributed by atoms with Gasteiger partial charge in [0, 0.05) is 5.69 Å². The molecular weight excluding hydrogens is 316 g/mol.